The van der Waals surface area contributed by atoms with Crippen LogP contribution in [0.25, 0.3) is 28.4 Å². The second-order valence-corrected chi connectivity index (χ2v) is 7.85. The normalized spacial score (nSPS) is 11.4. The maximum atomic E-state index is 13.3. The summed E-state index contributed by atoms with van der Waals surface area (Å²) in [5, 5.41) is 7.12. The molecule has 0 atom stereocenters. The van der Waals surface area contributed by atoms with Gasteiger partial charge < -0.3 is 9.73 Å². The Labute approximate surface area is 195 Å². The molecule has 0 unspecified atom stereocenters. The average molecular weight is 452 g/mol. The Morgan fingerprint density at radius 1 is 1.06 bits per heavy atom. The number of fused-ring (bicyclic) bond motifs is 1. The summed E-state index contributed by atoms with van der Waals surface area (Å²) in [5.74, 6) is 0.0808. The number of nitrogens with zero attached hydrogens (tertiary/aromatic N) is 3. The molecule has 1 amide bonds. The number of aryl methyl sites for hydroxylation is 1. The second kappa shape index (κ2) is 9.15. The zero-order chi connectivity index (χ0) is 23.5. The quantitative estimate of drug-likeness (QED) is 0.340. The van der Waals surface area contributed by atoms with Crippen LogP contribution in [0.15, 0.2) is 89.5 Å². The number of para-hydroxylation sites is 2. The van der Waals surface area contributed by atoms with Gasteiger partial charge in [0.15, 0.2) is 11.5 Å². The zero-order valence-electron chi connectivity index (χ0n) is 18.4. The number of hydrogen-bond donors (Lipinski definition) is 1. The van der Waals surface area contributed by atoms with Crippen LogP contribution >= 0.6 is 0 Å². The van der Waals surface area contributed by atoms with Crippen molar-refractivity contribution in [2.75, 3.05) is 5.32 Å². The van der Waals surface area contributed by atoms with Crippen molar-refractivity contribution in [2.45, 2.75) is 6.42 Å². The van der Waals surface area contributed by atoms with Crippen LogP contribution in [0.5, 0.6) is 0 Å². The molecule has 3 aromatic carbocycles. The smallest absolute Gasteiger partial charge is 0.248 e. The van der Waals surface area contributed by atoms with Crippen molar-refractivity contribution in [1.29, 1.82) is 0 Å². The third kappa shape index (κ3) is 4.63. The molecule has 7 heteroatoms. The number of oxazole rings is 1. The van der Waals surface area contributed by atoms with Gasteiger partial charge in [-0.15, -0.1) is 0 Å². The first kappa shape index (κ1) is 21.3. The second-order valence-electron chi connectivity index (χ2n) is 7.85. The van der Waals surface area contributed by atoms with Gasteiger partial charge in [0, 0.05) is 36.4 Å². The number of benzene rings is 3. The van der Waals surface area contributed by atoms with Crippen molar-refractivity contribution < 1.29 is 13.6 Å². The van der Waals surface area contributed by atoms with Gasteiger partial charge in [-0.1, -0.05) is 24.3 Å². The number of amides is 1. The molecule has 0 aliphatic heterocycles. The lowest BCUT2D eigenvalue weighted by atomic mass is 10.1. The van der Waals surface area contributed by atoms with Crippen LogP contribution in [0.2, 0.25) is 0 Å². The maximum Gasteiger partial charge on any atom is 0.248 e. The lowest BCUT2D eigenvalue weighted by Crippen LogP contribution is -2.07. The Bertz CT molecular complexity index is 1450. The average Bonchev–Trinajstić information content (AvgIpc) is 3.42. The largest absolute Gasteiger partial charge is 0.440 e. The van der Waals surface area contributed by atoms with Crippen molar-refractivity contribution >= 4 is 28.8 Å². The van der Waals surface area contributed by atoms with Gasteiger partial charge in [0.2, 0.25) is 5.91 Å². The Morgan fingerprint density at radius 3 is 2.59 bits per heavy atom. The number of halogens is 1. The Morgan fingerprint density at radius 2 is 1.82 bits per heavy atom. The maximum absolute atomic E-state index is 13.3. The van der Waals surface area contributed by atoms with Gasteiger partial charge >= 0.3 is 0 Å². The van der Waals surface area contributed by atoms with Crippen LogP contribution < -0.4 is 5.32 Å². The highest BCUT2D eigenvalue weighted by Gasteiger charge is 2.10. The van der Waals surface area contributed by atoms with Crippen LogP contribution in [0.4, 0.5) is 10.1 Å². The first-order chi connectivity index (χ1) is 16.5. The van der Waals surface area contributed by atoms with E-state index in [-0.39, 0.29) is 11.7 Å². The lowest BCUT2D eigenvalue weighted by Gasteiger charge is -2.05. The van der Waals surface area contributed by atoms with Gasteiger partial charge in [0.1, 0.15) is 11.3 Å². The van der Waals surface area contributed by atoms with E-state index in [1.807, 2.05) is 48.5 Å². The molecule has 5 rings (SSSR count). The van der Waals surface area contributed by atoms with Crippen molar-refractivity contribution in [3.05, 3.63) is 108 Å². The van der Waals surface area contributed by atoms with E-state index < -0.39 is 0 Å². The topological polar surface area (TPSA) is 73.0 Å². The Balaban J connectivity index is 1.24. The molecule has 6 nitrogen and oxygen atoms in total. The predicted octanol–water partition coefficient (Wildman–Crippen LogP) is 5.61. The molecular weight excluding hydrogens is 431 g/mol. The molecule has 0 bridgehead atoms. The number of hydrogen-bond acceptors (Lipinski definition) is 4. The van der Waals surface area contributed by atoms with E-state index in [1.165, 1.54) is 18.2 Å². The number of aromatic nitrogens is 3. The minimum atomic E-state index is -0.303. The predicted molar refractivity (Wildman–Crippen MR) is 130 cm³/mol. The van der Waals surface area contributed by atoms with Gasteiger partial charge in [-0.25, -0.2) is 9.37 Å². The minimum absolute atomic E-state index is 0.263. The van der Waals surface area contributed by atoms with E-state index in [9.17, 15) is 9.18 Å². The summed E-state index contributed by atoms with van der Waals surface area (Å²) in [6, 6.07) is 21.4. The number of nitrogens with one attached hydrogen (secondary N) is 1. The molecule has 2 aromatic heterocycles. The molecule has 0 spiro atoms. The van der Waals surface area contributed by atoms with E-state index >= 15 is 0 Å². The molecular formula is C27H21FN4O2. The van der Waals surface area contributed by atoms with Gasteiger partial charge in [-0.2, -0.15) is 5.10 Å². The molecule has 0 aliphatic carbocycles. The highest BCUT2D eigenvalue weighted by atomic mass is 19.1. The summed E-state index contributed by atoms with van der Waals surface area (Å²) >= 11 is 0. The molecule has 5 aromatic rings. The van der Waals surface area contributed by atoms with Crippen LogP contribution in [-0.4, -0.2) is 20.7 Å². The molecule has 2 heterocycles. The SMILES string of the molecule is Cn1ncc(C=CC(=O)Nc2ccc(Cc3nc4ccccc4o3)cc2)c1-c1ccc(F)cc1. The number of anilines is 1. The lowest BCUT2D eigenvalue weighted by molar-refractivity contribution is -0.111. The summed E-state index contributed by atoms with van der Waals surface area (Å²) in [6.07, 6.45) is 5.39. The zero-order valence-corrected chi connectivity index (χ0v) is 18.4. The summed E-state index contributed by atoms with van der Waals surface area (Å²) < 4.78 is 20.7. The van der Waals surface area contributed by atoms with Gasteiger partial charge in [0.05, 0.1) is 11.9 Å². The Kier molecular flexibility index (Phi) is 5.74. The number of carbonyl (C=O) groups excluding carboxylic acids is 1. The minimum Gasteiger partial charge on any atom is -0.440 e. The first-order valence-electron chi connectivity index (χ1n) is 10.8. The summed E-state index contributed by atoms with van der Waals surface area (Å²) in [6.45, 7) is 0. The van der Waals surface area contributed by atoms with Gasteiger partial charge in [-0.05, 0) is 60.2 Å². The summed E-state index contributed by atoms with van der Waals surface area (Å²) in [7, 11) is 1.80. The highest BCUT2D eigenvalue weighted by molar-refractivity contribution is 6.02. The molecule has 168 valence electrons. The standard InChI is InChI=1S/C27H21FN4O2/c1-32-27(19-8-11-21(28)12-9-19)20(17-29-32)10-15-25(33)30-22-13-6-18(7-14-22)16-26-31-23-4-2-3-5-24(23)34-26/h2-15,17H,16H2,1H3,(H,30,33). The van der Waals surface area contributed by atoms with E-state index in [1.54, 1.807) is 36.1 Å². The third-order valence-electron chi connectivity index (χ3n) is 5.41. The van der Waals surface area contributed by atoms with Crippen LogP contribution in [-0.2, 0) is 18.3 Å². The number of carbonyl (C=O) groups is 1. The van der Waals surface area contributed by atoms with Crippen molar-refractivity contribution in [3.8, 4) is 11.3 Å². The molecule has 0 saturated heterocycles. The summed E-state index contributed by atoms with van der Waals surface area (Å²) in [4.78, 5) is 17.0. The van der Waals surface area contributed by atoms with Crippen molar-refractivity contribution in [1.82, 2.24) is 14.8 Å². The van der Waals surface area contributed by atoms with Crippen molar-refractivity contribution in [3.63, 3.8) is 0 Å². The Hall–Kier alpha value is -4.52. The fraction of sp³-hybridized carbons (Fsp3) is 0.0741. The molecule has 0 aliphatic rings. The van der Waals surface area contributed by atoms with Crippen LogP contribution in [0.1, 0.15) is 17.0 Å². The monoisotopic (exact) mass is 452 g/mol. The fourth-order valence-corrected chi connectivity index (χ4v) is 3.76. The van der Waals surface area contributed by atoms with Gasteiger partial charge in [0.25, 0.3) is 0 Å². The van der Waals surface area contributed by atoms with Gasteiger partial charge in [-0.3, -0.25) is 9.48 Å². The number of rotatable bonds is 6. The highest BCUT2D eigenvalue weighted by Crippen LogP contribution is 2.24. The van der Waals surface area contributed by atoms with E-state index in [4.69, 9.17) is 4.42 Å². The van der Waals surface area contributed by atoms with E-state index in [0.29, 0.717) is 18.0 Å². The van der Waals surface area contributed by atoms with Crippen LogP contribution in [0.3, 0.4) is 0 Å². The van der Waals surface area contributed by atoms with E-state index in [2.05, 4.69) is 15.4 Å². The molecule has 1 N–H and O–H groups in total. The fourth-order valence-electron chi connectivity index (χ4n) is 3.76. The van der Waals surface area contributed by atoms with E-state index in [0.717, 1.165) is 33.5 Å². The first-order valence-corrected chi connectivity index (χ1v) is 10.8. The molecule has 0 fully saturated rings. The third-order valence-corrected chi connectivity index (χ3v) is 5.41. The summed E-state index contributed by atoms with van der Waals surface area (Å²) in [5.41, 5.74) is 5.69. The van der Waals surface area contributed by atoms with Crippen LogP contribution in [0, 0.1) is 5.82 Å². The molecule has 0 saturated carbocycles. The van der Waals surface area contributed by atoms with Crippen molar-refractivity contribution in [2.24, 2.45) is 7.05 Å². The molecule has 34 heavy (non-hydrogen) atoms. The molecule has 0 radical (unpaired) electrons.